The molecule has 114 valence electrons. The summed E-state index contributed by atoms with van der Waals surface area (Å²) in [6.07, 6.45) is 1.50. The average molecular weight is 329 g/mol. The van der Waals surface area contributed by atoms with Gasteiger partial charge in [-0.25, -0.2) is 13.4 Å². The molecule has 0 aliphatic rings. The molecule has 6 nitrogen and oxygen atoms in total. The van der Waals surface area contributed by atoms with Gasteiger partial charge in [0, 0.05) is 6.20 Å². The van der Waals surface area contributed by atoms with E-state index in [1.807, 2.05) is 0 Å². The van der Waals surface area contributed by atoms with Gasteiger partial charge in [0.2, 0.25) is 5.95 Å². The average Bonchev–Trinajstić information content (AvgIpc) is 2.39. The summed E-state index contributed by atoms with van der Waals surface area (Å²) >= 11 is 0. The molecule has 21 heavy (non-hydrogen) atoms. The number of anilines is 3. The SMILES string of the molecule is CC(C)S(=O)(=O)c1ccccc1Nc1ccnc(N)n1.Cl. The number of nitrogens with one attached hydrogen (secondary N) is 1. The Hall–Kier alpha value is -1.86. The number of para-hydroxylation sites is 1. The number of halogens is 1. The van der Waals surface area contributed by atoms with Crippen LogP contribution in [0.2, 0.25) is 0 Å². The van der Waals surface area contributed by atoms with E-state index in [9.17, 15) is 8.42 Å². The fourth-order valence-corrected chi connectivity index (χ4v) is 2.86. The molecule has 0 saturated heterocycles. The largest absolute Gasteiger partial charge is 0.368 e. The van der Waals surface area contributed by atoms with Crippen LogP contribution in [0.15, 0.2) is 41.4 Å². The van der Waals surface area contributed by atoms with Crippen LogP contribution in [0, 0.1) is 0 Å². The van der Waals surface area contributed by atoms with Gasteiger partial charge >= 0.3 is 0 Å². The second kappa shape index (κ2) is 6.73. The van der Waals surface area contributed by atoms with Crippen molar-refractivity contribution < 1.29 is 8.42 Å². The Morgan fingerprint density at radius 3 is 2.48 bits per heavy atom. The number of aromatic nitrogens is 2. The molecule has 2 aromatic rings. The van der Waals surface area contributed by atoms with E-state index in [4.69, 9.17) is 5.73 Å². The zero-order valence-electron chi connectivity index (χ0n) is 11.6. The second-order valence-corrected chi connectivity index (χ2v) is 6.99. The molecule has 0 saturated carbocycles. The van der Waals surface area contributed by atoms with Gasteiger partial charge in [-0.05, 0) is 32.0 Å². The molecular formula is C13H17ClN4O2S. The van der Waals surface area contributed by atoms with E-state index in [-0.39, 0.29) is 23.3 Å². The molecule has 0 aliphatic carbocycles. The number of benzene rings is 1. The smallest absolute Gasteiger partial charge is 0.221 e. The first-order chi connectivity index (χ1) is 9.41. The fourth-order valence-electron chi connectivity index (χ4n) is 1.65. The van der Waals surface area contributed by atoms with Crippen molar-refractivity contribution in [1.82, 2.24) is 9.97 Å². The highest BCUT2D eigenvalue weighted by Crippen LogP contribution is 2.26. The van der Waals surface area contributed by atoms with Crippen LogP contribution in [-0.2, 0) is 9.84 Å². The summed E-state index contributed by atoms with van der Waals surface area (Å²) in [4.78, 5) is 8.03. The van der Waals surface area contributed by atoms with Crippen LogP contribution in [0.25, 0.3) is 0 Å². The third-order valence-electron chi connectivity index (χ3n) is 2.75. The van der Waals surface area contributed by atoms with Gasteiger partial charge < -0.3 is 11.1 Å². The monoisotopic (exact) mass is 328 g/mol. The number of hydrogen-bond acceptors (Lipinski definition) is 6. The normalized spacial score (nSPS) is 11.0. The lowest BCUT2D eigenvalue weighted by molar-refractivity contribution is 0.588. The Morgan fingerprint density at radius 1 is 1.19 bits per heavy atom. The molecule has 1 heterocycles. The Labute approximate surface area is 130 Å². The van der Waals surface area contributed by atoms with Gasteiger partial charge in [-0.2, -0.15) is 4.98 Å². The molecule has 1 aromatic carbocycles. The first-order valence-corrected chi connectivity index (χ1v) is 7.64. The van der Waals surface area contributed by atoms with E-state index in [2.05, 4.69) is 15.3 Å². The Morgan fingerprint density at radius 2 is 1.86 bits per heavy atom. The molecule has 0 unspecified atom stereocenters. The second-order valence-electron chi connectivity index (χ2n) is 4.52. The predicted molar refractivity (Wildman–Crippen MR) is 85.7 cm³/mol. The van der Waals surface area contributed by atoms with Crippen molar-refractivity contribution in [2.24, 2.45) is 0 Å². The van der Waals surface area contributed by atoms with Gasteiger partial charge in [-0.3, -0.25) is 0 Å². The van der Waals surface area contributed by atoms with Crippen molar-refractivity contribution in [2.75, 3.05) is 11.1 Å². The quantitative estimate of drug-likeness (QED) is 0.894. The lowest BCUT2D eigenvalue weighted by atomic mass is 10.3. The highest BCUT2D eigenvalue weighted by atomic mass is 35.5. The van der Waals surface area contributed by atoms with E-state index in [0.717, 1.165) is 0 Å². The third kappa shape index (κ3) is 3.83. The Balaban J connectivity index is 0.00000220. The molecule has 0 aliphatic heterocycles. The van der Waals surface area contributed by atoms with Gasteiger partial charge in [0.15, 0.2) is 9.84 Å². The number of rotatable bonds is 4. The van der Waals surface area contributed by atoms with Crippen LogP contribution in [0.5, 0.6) is 0 Å². The maximum Gasteiger partial charge on any atom is 0.221 e. The molecule has 0 fully saturated rings. The van der Waals surface area contributed by atoms with E-state index in [0.29, 0.717) is 11.5 Å². The summed E-state index contributed by atoms with van der Waals surface area (Å²) in [6, 6.07) is 8.33. The van der Waals surface area contributed by atoms with Crippen LogP contribution < -0.4 is 11.1 Å². The standard InChI is InChI=1S/C13H16N4O2S.ClH/c1-9(2)20(18,19)11-6-4-3-5-10(11)16-12-7-8-15-13(14)17-12;/h3-9H,1-2H3,(H3,14,15,16,17);1H. The van der Waals surface area contributed by atoms with Crippen molar-refractivity contribution in [2.45, 2.75) is 24.0 Å². The summed E-state index contributed by atoms with van der Waals surface area (Å²) in [7, 11) is -3.37. The Bertz CT molecular complexity index is 720. The van der Waals surface area contributed by atoms with Gasteiger partial charge in [0.05, 0.1) is 15.8 Å². The van der Waals surface area contributed by atoms with Crippen molar-refractivity contribution in [3.8, 4) is 0 Å². The van der Waals surface area contributed by atoms with Crippen LogP contribution in [0.1, 0.15) is 13.8 Å². The minimum Gasteiger partial charge on any atom is -0.368 e. The summed E-state index contributed by atoms with van der Waals surface area (Å²) in [5, 5.41) is 2.46. The maximum absolute atomic E-state index is 12.3. The highest BCUT2D eigenvalue weighted by Gasteiger charge is 2.22. The van der Waals surface area contributed by atoms with E-state index >= 15 is 0 Å². The molecule has 0 spiro atoms. The number of nitrogens with zero attached hydrogens (tertiary/aromatic N) is 2. The van der Waals surface area contributed by atoms with E-state index < -0.39 is 15.1 Å². The van der Waals surface area contributed by atoms with Crippen LogP contribution in [-0.4, -0.2) is 23.6 Å². The molecule has 0 atom stereocenters. The molecule has 0 amide bonds. The summed E-state index contributed by atoms with van der Waals surface area (Å²) in [5.41, 5.74) is 5.98. The molecule has 0 radical (unpaired) electrons. The maximum atomic E-state index is 12.3. The van der Waals surface area contributed by atoms with Gasteiger partial charge in [0.25, 0.3) is 0 Å². The zero-order chi connectivity index (χ0) is 14.8. The van der Waals surface area contributed by atoms with Crippen molar-refractivity contribution in [1.29, 1.82) is 0 Å². The number of sulfone groups is 1. The lowest BCUT2D eigenvalue weighted by Gasteiger charge is -2.14. The minimum atomic E-state index is -3.37. The predicted octanol–water partition coefficient (Wildman–Crippen LogP) is 2.41. The lowest BCUT2D eigenvalue weighted by Crippen LogP contribution is -2.15. The van der Waals surface area contributed by atoms with E-state index in [1.54, 1.807) is 44.2 Å². The topological polar surface area (TPSA) is 98.0 Å². The molecular weight excluding hydrogens is 312 g/mol. The van der Waals surface area contributed by atoms with Crippen LogP contribution in [0.3, 0.4) is 0 Å². The molecule has 8 heteroatoms. The molecule has 3 N–H and O–H groups in total. The summed E-state index contributed by atoms with van der Waals surface area (Å²) in [5.74, 6) is 0.572. The minimum absolute atomic E-state index is 0. The van der Waals surface area contributed by atoms with Crippen molar-refractivity contribution in [3.05, 3.63) is 36.5 Å². The summed E-state index contributed by atoms with van der Waals surface area (Å²) in [6.45, 7) is 3.30. The third-order valence-corrected chi connectivity index (χ3v) is 4.96. The number of hydrogen-bond donors (Lipinski definition) is 2. The van der Waals surface area contributed by atoms with Crippen LogP contribution in [0.4, 0.5) is 17.5 Å². The Kier molecular flexibility index (Phi) is 5.51. The van der Waals surface area contributed by atoms with Gasteiger partial charge in [0.1, 0.15) is 5.82 Å². The number of nitrogens with two attached hydrogens (primary N) is 1. The number of nitrogen functional groups attached to an aromatic ring is 1. The molecule has 2 rings (SSSR count). The zero-order valence-corrected chi connectivity index (χ0v) is 13.3. The van der Waals surface area contributed by atoms with Gasteiger partial charge in [-0.1, -0.05) is 12.1 Å². The first kappa shape index (κ1) is 17.2. The molecule has 0 bridgehead atoms. The molecule has 1 aromatic heterocycles. The van der Waals surface area contributed by atoms with E-state index in [1.165, 1.54) is 6.20 Å². The fraction of sp³-hybridized carbons (Fsp3) is 0.231. The first-order valence-electron chi connectivity index (χ1n) is 6.09. The highest BCUT2D eigenvalue weighted by molar-refractivity contribution is 7.92. The van der Waals surface area contributed by atoms with Crippen LogP contribution >= 0.6 is 12.4 Å². The summed E-state index contributed by atoms with van der Waals surface area (Å²) < 4.78 is 24.6. The van der Waals surface area contributed by atoms with Crippen molar-refractivity contribution >= 4 is 39.7 Å². The van der Waals surface area contributed by atoms with Gasteiger partial charge in [-0.15, -0.1) is 12.4 Å². The van der Waals surface area contributed by atoms with Crippen molar-refractivity contribution in [3.63, 3.8) is 0 Å².